The molecule has 0 unspecified atom stereocenters. The normalized spacial score (nSPS) is 11.3. The lowest BCUT2D eigenvalue weighted by Gasteiger charge is -1.99. The summed E-state index contributed by atoms with van der Waals surface area (Å²) in [5, 5.41) is 8.44. The van der Waals surface area contributed by atoms with Crippen LogP contribution in [0.1, 0.15) is 5.76 Å². The Morgan fingerprint density at radius 1 is 1.10 bits per heavy atom. The van der Waals surface area contributed by atoms with E-state index in [1.165, 1.54) is 12.1 Å². The molecule has 3 heterocycles. The van der Waals surface area contributed by atoms with Crippen molar-refractivity contribution in [2.24, 2.45) is 0 Å². The predicted octanol–water partition coefficient (Wildman–Crippen LogP) is 4.50. The van der Waals surface area contributed by atoms with E-state index in [9.17, 15) is 8.78 Å². The maximum Gasteiger partial charge on any atom is 0.234 e. The molecule has 0 aliphatic rings. The topological polar surface area (TPSA) is 71.5 Å². The van der Waals surface area contributed by atoms with Gasteiger partial charge < -0.3 is 9.51 Å². The van der Waals surface area contributed by atoms with E-state index < -0.39 is 11.6 Å². The number of nitrogens with one attached hydrogen (secondary N) is 1. The summed E-state index contributed by atoms with van der Waals surface area (Å²) in [5.74, 6) is -0.990. The van der Waals surface area contributed by atoms with Crippen molar-refractivity contribution in [2.45, 2.75) is 6.54 Å². The third kappa shape index (κ3) is 3.56. The lowest BCUT2D eigenvalue weighted by atomic mass is 10.1. The highest BCUT2D eigenvalue weighted by atomic mass is 127. The lowest BCUT2D eigenvalue weighted by Crippen LogP contribution is -2.37. The van der Waals surface area contributed by atoms with Crippen LogP contribution in [0.5, 0.6) is 0 Å². The fourth-order valence-electron chi connectivity index (χ4n) is 3.11. The highest BCUT2D eigenvalue weighted by molar-refractivity contribution is 14.1. The standard InChI is InChI=1S/C21H12F2IN5O/c22-16-3-1-2-15(20(16)23)21-26-18-9-25-29(11-19(18)27-21)10-14-8-17(28-30-14)12-4-6-13(24)7-5-12/h1-9,11H,10H2/p+1. The number of aromatic amines is 1. The zero-order valence-electron chi connectivity index (χ0n) is 15.3. The van der Waals surface area contributed by atoms with Crippen molar-refractivity contribution in [3.8, 4) is 22.6 Å². The Morgan fingerprint density at radius 2 is 1.93 bits per heavy atom. The van der Waals surface area contributed by atoms with Crippen LogP contribution in [-0.2, 0) is 6.54 Å². The molecule has 0 aliphatic heterocycles. The van der Waals surface area contributed by atoms with Gasteiger partial charge in [-0.1, -0.05) is 28.0 Å². The Kier molecular flexibility index (Phi) is 4.74. The van der Waals surface area contributed by atoms with Crippen LogP contribution >= 0.6 is 22.6 Å². The van der Waals surface area contributed by atoms with Crippen LogP contribution in [0.2, 0.25) is 0 Å². The molecule has 5 rings (SSSR count). The second kappa shape index (κ2) is 7.56. The van der Waals surface area contributed by atoms with E-state index in [2.05, 4.69) is 42.8 Å². The molecule has 0 saturated carbocycles. The number of nitrogens with zero attached hydrogens (tertiary/aromatic N) is 4. The number of hydrogen-bond acceptors (Lipinski definition) is 4. The van der Waals surface area contributed by atoms with Gasteiger partial charge in [-0.3, -0.25) is 0 Å². The molecule has 2 aromatic carbocycles. The quantitative estimate of drug-likeness (QED) is 0.282. The lowest BCUT2D eigenvalue weighted by molar-refractivity contribution is -0.746. The number of rotatable bonds is 4. The number of hydrogen-bond donors (Lipinski definition) is 1. The first kappa shape index (κ1) is 18.8. The largest absolute Gasteiger partial charge is 0.354 e. The van der Waals surface area contributed by atoms with Crippen molar-refractivity contribution < 1.29 is 18.0 Å². The van der Waals surface area contributed by atoms with Crippen molar-refractivity contribution >= 4 is 33.6 Å². The minimum absolute atomic E-state index is 0.0650. The molecule has 0 radical (unpaired) electrons. The smallest absolute Gasteiger partial charge is 0.234 e. The van der Waals surface area contributed by atoms with Crippen LogP contribution in [-0.4, -0.2) is 20.2 Å². The van der Waals surface area contributed by atoms with Gasteiger partial charge in [0, 0.05) is 15.2 Å². The molecule has 1 N–H and O–H groups in total. The second-order valence-corrected chi connectivity index (χ2v) is 7.89. The molecule has 0 spiro atoms. The van der Waals surface area contributed by atoms with Crippen LogP contribution in [0.15, 0.2) is 65.4 Å². The van der Waals surface area contributed by atoms with E-state index in [-0.39, 0.29) is 11.4 Å². The highest BCUT2D eigenvalue weighted by Gasteiger charge is 2.17. The number of fused-ring (bicyclic) bond motifs is 1. The zero-order chi connectivity index (χ0) is 20.7. The predicted molar refractivity (Wildman–Crippen MR) is 113 cm³/mol. The summed E-state index contributed by atoms with van der Waals surface area (Å²) in [6, 6.07) is 13.8. The van der Waals surface area contributed by atoms with E-state index in [1.54, 1.807) is 17.1 Å². The van der Waals surface area contributed by atoms with Crippen LogP contribution in [0.3, 0.4) is 0 Å². The first-order chi connectivity index (χ1) is 14.6. The molecule has 0 saturated heterocycles. The number of halogens is 3. The van der Waals surface area contributed by atoms with Gasteiger partial charge in [0.2, 0.25) is 18.5 Å². The molecule has 3 aromatic heterocycles. The van der Waals surface area contributed by atoms with Gasteiger partial charge in [-0.25, -0.2) is 13.8 Å². The minimum Gasteiger partial charge on any atom is -0.354 e. The Balaban J connectivity index is 1.42. The van der Waals surface area contributed by atoms with Crippen molar-refractivity contribution in [3.05, 3.63) is 81.9 Å². The first-order valence-corrected chi connectivity index (χ1v) is 10.1. The molecular formula is C21H13F2IN5O+. The van der Waals surface area contributed by atoms with Gasteiger partial charge in [0.1, 0.15) is 28.7 Å². The van der Waals surface area contributed by atoms with Crippen molar-refractivity contribution in [3.63, 3.8) is 0 Å². The Labute approximate surface area is 182 Å². The maximum atomic E-state index is 14.1. The summed E-state index contributed by atoms with van der Waals surface area (Å²) in [4.78, 5) is 7.33. The number of imidazole rings is 1. The van der Waals surface area contributed by atoms with Crippen LogP contribution in [0.4, 0.5) is 8.78 Å². The van der Waals surface area contributed by atoms with Crippen molar-refractivity contribution in [1.29, 1.82) is 0 Å². The fourth-order valence-corrected chi connectivity index (χ4v) is 3.47. The summed E-state index contributed by atoms with van der Waals surface area (Å²) in [7, 11) is 0. The first-order valence-electron chi connectivity index (χ1n) is 8.98. The third-order valence-electron chi connectivity index (χ3n) is 4.59. The molecule has 9 heteroatoms. The molecule has 0 atom stereocenters. The summed E-state index contributed by atoms with van der Waals surface area (Å²) < 4.78 is 35.8. The molecular weight excluding hydrogens is 503 g/mol. The molecule has 0 fully saturated rings. The Bertz CT molecular complexity index is 1360. The Morgan fingerprint density at radius 3 is 2.77 bits per heavy atom. The van der Waals surface area contributed by atoms with Gasteiger partial charge in [-0.2, -0.15) is 0 Å². The average molecular weight is 516 g/mol. The van der Waals surface area contributed by atoms with Crippen molar-refractivity contribution in [2.75, 3.05) is 0 Å². The van der Waals surface area contributed by atoms with E-state index in [0.717, 1.165) is 20.9 Å². The SMILES string of the molecule is Fc1cccc(-c2nc3cn[n+](Cc4cc(-c5ccc(I)cc5)no4)cc3[nH]2)c1F. The molecule has 30 heavy (non-hydrogen) atoms. The van der Waals surface area contributed by atoms with Crippen molar-refractivity contribution in [1.82, 2.24) is 20.2 Å². The number of aromatic nitrogens is 5. The van der Waals surface area contributed by atoms with Gasteiger partial charge in [0.25, 0.3) is 0 Å². The van der Waals surface area contributed by atoms with Gasteiger partial charge in [-0.05, 0) is 52.0 Å². The highest BCUT2D eigenvalue weighted by Crippen LogP contribution is 2.24. The van der Waals surface area contributed by atoms with E-state index in [1.807, 2.05) is 30.3 Å². The summed E-state index contributed by atoms with van der Waals surface area (Å²) in [5.41, 5.74) is 2.96. The van der Waals surface area contributed by atoms with Gasteiger partial charge in [0.15, 0.2) is 11.6 Å². The van der Waals surface area contributed by atoms with E-state index >= 15 is 0 Å². The zero-order valence-corrected chi connectivity index (χ0v) is 17.5. The summed E-state index contributed by atoms with van der Waals surface area (Å²) >= 11 is 2.25. The average Bonchev–Trinajstić information content (AvgIpc) is 3.37. The van der Waals surface area contributed by atoms with E-state index in [0.29, 0.717) is 23.3 Å². The van der Waals surface area contributed by atoms with Crippen LogP contribution < -0.4 is 4.68 Å². The van der Waals surface area contributed by atoms with Gasteiger partial charge in [-0.15, -0.1) is 0 Å². The second-order valence-electron chi connectivity index (χ2n) is 6.64. The van der Waals surface area contributed by atoms with Crippen LogP contribution in [0, 0.1) is 15.2 Å². The third-order valence-corrected chi connectivity index (χ3v) is 5.31. The molecule has 6 nitrogen and oxygen atoms in total. The summed E-state index contributed by atoms with van der Waals surface area (Å²) in [6.07, 6.45) is 3.29. The fraction of sp³-hybridized carbons (Fsp3) is 0.0476. The number of benzene rings is 2. The minimum atomic E-state index is -0.942. The number of H-pyrrole nitrogens is 1. The Hall–Kier alpha value is -3.21. The molecule has 5 aromatic rings. The van der Waals surface area contributed by atoms with Gasteiger partial charge >= 0.3 is 0 Å². The van der Waals surface area contributed by atoms with Gasteiger partial charge in [0.05, 0.1) is 5.56 Å². The summed E-state index contributed by atoms with van der Waals surface area (Å²) in [6.45, 7) is 0.357. The molecule has 148 valence electrons. The maximum absolute atomic E-state index is 14.1. The molecule has 0 amide bonds. The van der Waals surface area contributed by atoms with Crippen LogP contribution in [0.25, 0.3) is 33.7 Å². The monoisotopic (exact) mass is 516 g/mol. The van der Waals surface area contributed by atoms with E-state index in [4.69, 9.17) is 4.52 Å². The molecule has 0 bridgehead atoms. The molecule has 0 aliphatic carbocycles.